The smallest absolute Gasteiger partial charge is 0.306 e. The predicted molar refractivity (Wildman–Crippen MR) is 206 cm³/mol. The molecule has 310 valence electrons. The molecule has 55 heavy (non-hydrogen) atoms. The Morgan fingerprint density at radius 2 is 1.24 bits per heavy atom. The third-order valence-corrected chi connectivity index (χ3v) is 10.7. The van der Waals surface area contributed by atoms with E-state index in [9.17, 15) is 39.6 Å². The maximum atomic E-state index is 12.9. The van der Waals surface area contributed by atoms with Crippen LogP contribution >= 0.6 is 0 Å². The third-order valence-electron chi connectivity index (χ3n) is 10.7. The molecular formula is C43H66O12. The molecule has 0 unspecified atom stereocenters. The van der Waals surface area contributed by atoms with Crippen molar-refractivity contribution in [2.45, 2.75) is 153 Å². The second-order valence-corrected chi connectivity index (χ2v) is 15.0. The Morgan fingerprint density at radius 1 is 0.709 bits per heavy atom. The van der Waals surface area contributed by atoms with Crippen molar-refractivity contribution < 1.29 is 58.6 Å². The molecule has 1 saturated heterocycles. The number of unbranched alkanes of at least 4 members (excludes halogenated alkanes) is 6. The fraction of sp³-hybridized carbons (Fsp3) is 0.721. The second kappa shape index (κ2) is 26.0. The fourth-order valence-electron chi connectivity index (χ4n) is 7.40. The minimum absolute atomic E-state index is 0.0236. The minimum Gasteiger partial charge on any atom is -0.462 e. The molecule has 0 aromatic carbocycles. The van der Waals surface area contributed by atoms with E-state index in [-0.39, 0.29) is 61.3 Å². The number of ketones is 2. The van der Waals surface area contributed by atoms with Crippen molar-refractivity contribution in [1.29, 1.82) is 0 Å². The topological polar surface area (TPSA) is 186 Å². The van der Waals surface area contributed by atoms with Gasteiger partial charge in [-0.15, -0.1) is 0 Å². The monoisotopic (exact) mass is 774 g/mol. The molecule has 12 nitrogen and oxygen atoms in total. The maximum Gasteiger partial charge on any atom is 0.306 e. The van der Waals surface area contributed by atoms with Gasteiger partial charge < -0.3 is 39.4 Å². The molecule has 4 N–H and O–H groups in total. The first-order chi connectivity index (χ1) is 26.6. The molecule has 10 atom stereocenters. The summed E-state index contributed by atoms with van der Waals surface area (Å²) in [4.78, 5) is 50.0. The third kappa shape index (κ3) is 16.2. The van der Waals surface area contributed by atoms with Crippen molar-refractivity contribution in [1.82, 2.24) is 0 Å². The molecule has 12 heteroatoms. The summed E-state index contributed by atoms with van der Waals surface area (Å²) < 4.78 is 22.1. The lowest BCUT2D eigenvalue weighted by molar-refractivity contribution is -0.305. The van der Waals surface area contributed by atoms with Crippen LogP contribution in [0.3, 0.4) is 0 Å². The van der Waals surface area contributed by atoms with Crippen molar-refractivity contribution in [3.8, 4) is 0 Å². The number of carbonyl (C=O) groups excluding carboxylic acids is 4. The Kier molecular flexibility index (Phi) is 21.9. The van der Waals surface area contributed by atoms with E-state index in [4.69, 9.17) is 18.9 Å². The first-order valence-corrected chi connectivity index (χ1v) is 20.6. The van der Waals surface area contributed by atoms with Gasteiger partial charge in [0.1, 0.15) is 31.0 Å². The van der Waals surface area contributed by atoms with Gasteiger partial charge in [0, 0.05) is 24.7 Å². The van der Waals surface area contributed by atoms with Crippen LogP contribution in [0.1, 0.15) is 117 Å². The highest BCUT2D eigenvalue weighted by Gasteiger charge is 2.44. The van der Waals surface area contributed by atoms with Crippen molar-refractivity contribution >= 4 is 23.5 Å². The molecular weight excluding hydrogens is 708 g/mol. The summed E-state index contributed by atoms with van der Waals surface area (Å²) in [5.41, 5.74) is 0. The van der Waals surface area contributed by atoms with Crippen LogP contribution in [-0.4, -0.2) is 101 Å². The normalized spacial score (nSPS) is 28.5. The van der Waals surface area contributed by atoms with Crippen LogP contribution in [0.15, 0.2) is 48.6 Å². The predicted octanol–water partition coefficient (Wildman–Crippen LogP) is 5.39. The first-order valence-electron chi connectivity index (χ1n) is 20.6. The molecule has 0 aromatic rings. The van der Waals surface area contributed by atoms with Crippen molar-refractivity contribution in [2.24, 2.45) is 23.7 Å². The quantitative estimate of drug-likeness (QED) is 0.0474. The van der Waals surface area contributed by atoms with Gasteiger partial charge >= 0.3 is 11.9 Å². The Morgan fingerprint density at radius 3 is 1.80 bits per heavy atom. The second-order valence-electron chi connectivity index (χ2n) is 15.0. The molecule has 3 rings (SSSR count). The van der Waals surface area contributed by atoms with E-state index in [0.29, 0.717) is 12.8 Å². The number of ether oxygens (including phenoxy) is 4. The average Bonchev–Trinajstić information content (AvgIpc) is 3.71. The van der Waals surface area contributed by atoms with Gasteiger partial charge in [0.25, 0.3) is 0 Å². The number of allylic oxidation sites excluding steroid dienone is 8. The van der Waals surface area contributed by atoms with E-state index in [2.05, 4.69) is 38.2 Å². The summed E-state index contributed by atoms with van der Waals surface area (Å²) in [5.74, 6) is -0.0779. The molecule has 0 aromatic heterocycles. The van der Waals surface area contributed by atoms with E-state index >= 15 is 0 Å². The zero-order chi connectivity index (χ0) is 40.0. The van der Waals surface area contributed by atoms with Gasteiger partial charge in [-0.2, -0.15) is 0 Å². The largest absolute Gasteiger partial charge is 0.462 e. The van der Waals surface area contributed by atoms with Crippen LogP contribution in [0.5, 0.6) is 0 Å². The van der Waals surface area contributed by atoms with Crippen LogP contribution in [0.25, 0.3) is 0 Å². The number of hydrogen-bond acceptors (Lipinski definition) is 12. The fourth-order valence-corrected chi connectivity index (χ4v) is 7.40. The molecule has 3 aliphatic rings. The molecule has 1 aliphatic heterocycles. The van der Waals surface area contributed by atoms with Gasteiger partial charge in [0.2, 0.25) is 0 Å². The van der Waals surface area contributed by atoms with Crippen LogP contribution in [0, 0.1) is 23.7 Å². The molecule has 0 radical (unpaired) electrons. The van der Waals surface area contributed by atoms with Crippen molar-refractivity contribution in [3.63, 3.8) is 0 Å². The van der Waals surface area contributed by atoms with E-state index in [1.165, 1.54) is 0 Å². The van der Waals surface area contributed by atoms with E-state index in [0.717, 1.165) is 77.0 Å². The number of hydrogen-bond donors (Lipinski definition) is 4. The highest BCUT2D eigenvalue weighted by molar-refractivity contribution is 5.95. The van der Waals surface area contributed by atoms with E-state index < -0.39 is 55.4 Å². The van der Waals surface area contributed by atoms with Gasteiger partial charge in [0.05, 0.1) is 13.2 Å². The highest BCUT2D eigenvalue weighted by Crippen LogP contribution is 2.32. The summed E-state index contributed by atoms with van der Waals surface area (Å²) >= 11 is 0. The summed E-state index contributed by atoms with van der Waals surface area (Å²) in [6.07, 6.45) is 19.5. The number of aliphatic hydroxyl groups is 4. The Balaban J connectivity index is 1.39. The molecule has 1 heterocycles. The zero-order valence-corrected chi connectivity index (χ0v) is 32.9. The Hall–Kier alpha value is -3.00. The minimum atomic E-state index is -1.63. The van der Waals surface area contributed by atoms with Gasteiger partial charge in [0.15, 0.2) is 24.0 Å². The lowest BCUT2D eigenvalue weighted by Gasteiger charge is -2.39. The molecule has 0 bridgehead atoms. The van der Waals surface area contributed by atoms with E-state index in [1.807, 2.05) is 12.2 Å². The first kappa shape index (κ1) is 46.4. The summed E-state index contributed by atoms with van der Waals surface area (Å²) in [6.45, 7) is 2.89. The summed E-state index contributed by atoms with van der Waals surface area (Å²) in [7, 11) is 0. The van der Waals surface area contributed by atoms with Crippen LogP contribution in [-0.2, 0) is 38.1 Å². The zero-order valence-electron chi connectivity index (χ0n) is 32.9. The van der Waals surface area contributed by atoms with Gasteiger partial charge in [-0.25, -0.2) is 0 Å². The number of rotatable bonds is 27. The lowest BCUT2D eigenvalue weighted by atomic mass is 9.87. The number of aliphatic hydroxyl groups excluding tert-OH is 4. The SMILES string of the molecule is CC/C=C\C[C@@H]1C(=O)C=C[C@@H]1CCCCCCCC(=O)OC[C@H](CO[C@@H]1O[C@H](CO)[C@H](O)[C@H](O)[C@H]1O)OC(=O)CCCCC[C@H]1C=CC(=O)[C@H]1C/C=C\CC. The van der Waals surface area contributed by atoms with Crippen molar-refractivity contribution in [3.05, 3.63) is 48.6 Å². The molecule has 0 spiro atoms. The summed E-state index contributed by atoms with van der Waals surface area (Å²) in [5, 5.41) is 40.1. The van der Waals surface area contributed by atoms with Crippen LogP contribution in [0.2, 0.25) is 0 Å². The van der Waals surface area contributed by atoms with Crippen molar-refractivity contribution in [2.75, 3.05) is 19.8 Å². The number of esters is 2. The Labute approximate surface area is 327 Å². The highest BCUT2D eigenvalue weighted by atomic mass is 16.7. The molecule has 1 fully saturated rings. The summed E-state index contributed by atoms with van der Waals surface area (Å²) in [6, 6.07) is 0. The van der Waals surface area contributed by atoms with Crippen LogP contribution < -0.4 is 0 Å². The van der Waals surface area contributed by atoms with Crippen LogP contribution in [0.4, 0.5) is 0 Å². The van der Waals surface area contributed by atoms with E-state index in [1.54, 1.807) is 12.2 Å². The Bertz CT molecular complexity index is 1290. The number of carbonyl (C=O) groups is 4. The lowest BCUT2D eigenvalue weighted by Crippen LogP contribution is -2.59. The molecule has 0 amide bonds. The molecule has 0 saturated carbocycles. The van der Waals surface area contributed by atoms with Gasteiger partial charge in [-0.3, -0.25) is 19.2 Å². The van der Waals surface area contributed by atoms with Gasteiger partial charge in [-0.05, 0) is 75.4 Å². The standard InChI is InChI=1S/C43H66O12/c1-3-5-11-19-33-30(23-25-35(33)45)17-13-8-7-9-15-21-38(47)52-28-32(29-53-43-42(51)41(50)40(49)37(27-44)55-43)54-39(48)22-16-10-14-18-31-24-26-36(46)34(31)20-12-6-4-2/h5-6,11-12,23-26,30-34,37,40-44,49-51H,3-4,7-10,13-22,27-29H2,1-2H3/b11-5-,12-6-/t30-,31-,32+,33-,34-,37+,40-,41-,42+,43+/m0/s1. The average molecular weight is 775 g/mol. The molecule has 2 aliphatic carbocycles. The van der Waals surface area contributed by atoms with Gasteiger partial charge in [-0.1, -0.05) is 88.8 Å². The maximum absolute atomic E-state index is 12.9.